The van der Waals surface area contributed by atoms with E-state index in [1.807, 2.05) is 54.6 Å². The Labute approximate surface area is 187 Å². The van der Waals surface area contributed by atoms with Gasteiger partial charge in [-0.25, -0.2) is 0 Å². The summed E-state index contributed by atoms with van der Waals surface area (Å²) < 4.78 is 0. The molecule has 3 heteroatoms. The Hall–Kier alpha value is -3.01. The van der Waals surface area contributed by atoms with Crippen LogP contribution in [0.4, 0.5) is 0 Å². The van der Waals surface area contributed by atoms with Gasteiger partial charge in [0.1, 0.15) is 6.10 Å². The van der Waals surface area contributed by atoms with Gasteiger partial charge in [0.05, 0.1) is 0 Å². The largest absolute Gasteiger partial charge is 0.383 e. The monoisotopic (exact) mass is 415 g/mol. The van der Waals surface area contributed by atoms with Gasteiger partial charge in [-0.3, -0.25) is 4.79 Å². The number of carbonyl (C=O) groups excluding carboxylic acids is 1. The van der Waals surface area contributed by atoms with E-state index in [4.69, 9.17) is 0 Å². The lowest BCUT2D eigenvalue weighted by atomic mass is 10.1. The maximum absolute atomic E-state index is 12.1. The molecule has 31 heavy (non-hydrogen) atoms. The van der Waals surface area contributed by atoms with E-state index in [0.717, 1.165) is 29.5 Å². The minimum absolute atomic E-state index is 0.270. The number of carbonyl (C=O) groups is 1. The molecule has 2 rings (SSSR count). The summed E-state index contributed by atoms with van der Waals surface area (Å²) in [6.07, 6.45) is 7.74. The van der Waals surface area contributed by atoms with E-state index in [0.29, 0.717) is 6.54 Å². The molecule has 0 aliphatic carbocycles. The minimum atomic E-state index is -1.08. The smallest absolute Gasteiger partial charge is 0.249 e. The molecule has 162 valence electrons. The van der Waals surface area contributed by atoms with Crippen LogP contribution in [-0.4, -0.2) is 17.1 Å². The highest BCUT2D eigenvalue weighted by molar-refractivity contribution is 5.80. The molecular formula is C28H33NO2. The highest BCUT2D eigenvalue weighted by atomic mass is 16.3. The van der Waals surface area contributed by atoms with Crippen LogP contribution in [0.3, 0.4) is 0 Å². The van der Waals surface area contributed by atoms with Crippen molar-refractivity contribution in [3.05, 3.63) is 71.3 Å². The van der Waals surface area contributed by atoms with E-state index in [1.54, 1.807) is 0 Å². The molecule has 0 radical (unpaired) electrons. The van der Waals surface area contributed by atoms with Crippen molar-refractivity contribution in [3.63, 3.8) is 0 Å². The Morgan fingerprint density at radius 1 is 0.903 bits per heavy atom. The van der Waals surface area contributed by atoms with Crippen LogP contribution in [0.25, 0.3) is 0 Å². The average molecular weight is 416 g/mol. The molecule has 0 bridgehead atoms. The Kier molecular flexibility index (Phi) is 11.7. The third kappa shape index (κ3) is 10.5. The Morgan fingerprint density at radius 2 is 1.61 bits per heavy atom. The summed E-state index contributed by atoms with van der Waals surface area (Å²) in [5, 5.41) is 12.9. The SMILES string of the molecule is CCCCCCCCC#CC#Cc1ccc(CC(O)C(=O)NCc2ccccc2)cc1. The van der Waals surface area contributed by atoms with Gasteiger partial charge in [0.2, 0.25) is 5.91 Å². The van der Waals surface area contributed by atoms with Gasteiger partial charge in [0.15, 0.2) is 0 Å². The number of aliphatic hydroxyl groups excluding tert-OH is 1. The molecule has 0 heterocycles. The van der Waals surface area contributed by atoms with Gasteiger partial charge >= 0.3 is 0 Å². The van der Waals surface area contributed by atoms with E-state index >= 15 is 0 Å². The van der Waals surface area contributed by atoms with Crippen LogP contribution in [0.1, 0.15) is 68.6 Å². The first-order valence-corrected chi connectivity index (χ1v) is 11.3. The van der Waals surface area contributed by atoms with Crippen LogP contribution in [-0.2, 0) is 17.8 Å². The van der Waals surface area contributed by atoms with Crippen LogP contribution < -0.4 is 5.32 Å². The number of rotatable bonds is 11. The third-order valence-corrected chi connectivity index (χ3v) is 5.01. The summed E-state index contributed by atoms with van der Waals surface area (Å²) in [5.74, 6) is 11.6. The van der Waals surface area contributed by atoms with Gasteiger partial charge < -0.3 is 10.4 Å². The fourth-order valence-corrected chi connectivity index (χ4v) is 3.15. The first-order chi connectivity index (χ1) is 15.2. The second-order valence-electron chi connectivity index (χ2n) is 7.69. The average Bonchev–Trinajstić information content (AvgIpc) is 2.80. The van der Waals surface area contributed by atoms with Crippen molar-refractivity contribution in [1.82, 2.24) is 5.32 Å². The van der Waals surface area contributed by atoms with Crippen LogP contribution in [0.15, 0.2) is 54.6 Å². The molecule has 0 aliphatic rings. The maximum Gasteiger partial charge on any atom is 0.249 e. The van der Waals surface area contributed by atoms with Crippen molar-refractivity contribution in [1.29, 1.82) is 0 Å². The lowest BCUT2D eigenvalue weighted by Crippen LogP contribution is -2.35. The van der Waals surface area contributed by atoms with Crippen molar-refractivity contribution in [2.75, 3.05) is 0 Å². The van der Waals surface area contributed by atoms with Crippen molar-refractivity contribution in [2.24, 2.45) is 0 Å². The highest BCUT2D eigenvalue weighted by Gasteiger charge is 2.15. The number of benzene rings is 2. The van der Waals surface area contributed by atoms with E-state index in [-0.39, 0.29) is 12.3 Å². The minimum Gasteiger partial charge on any atom is -0.383 e. The number of unbranched alkanes of at least 4 members (excludes halogenated alkanes) is 6. The highest BCUT2D eigenvalue weighted by Crippen LogP contribution is 2.08. The Bertz CT molecular complexity index is 895. The summed E-state index contributed by atoms with van der Waals surface area (Å²) in [6, 6.07) is 17.2. The topological polar surface area (TPSA) is 49.3 Å². The lowest BCUT2D eigenvalue weighted by Gasteiger charge is -2.11. The van der Waals surface area contributed by atoms with Gasteiger partial charge in [-0.05, 0) is 41.5 Å². The van der Waals surface area contributed by atoms with Crippen molar-refractivity contribution in [2.45, 2.75) is 70.9 Å². The molecule has 1 unspecified atom stereocenters. The third-order valence-electron chi connectivity index (χ3n) is 5.01. The van der Waals surface area contributed by atoms with Gasteiger partial charge in [-0.2, -0.15) is 0 Å². The number of hydrogen-bond donors (Lipinski definition) is 2. The van der Waals surface area contributed by atoms with Crippen LogP contribution in [0.5, 0.6) is 0 Å². The summed E-state index contributed by atoms with van der Waals surface area (Å²) in [7, 11) is 0. The van der Waals surface area contributed by atoms with E-state index in [2.05, 4.69) is 35.9 Å². The molecular weight excluding hydrogens is 382 g/mol. The normalized spacial score (nSPS) is 10.9. The fraction of sp³-hybridized carbons (Fsp3) is 0.393. The van der Waals surface area contributed by atoms with Crippen LogP contribution in [0, 0.1) is 23.7 Å². The number of aliphatic hydroxyl groups is 1. The molecule has 0 spiro atoms. The number of amides is 1. The standard InChI is InChI=1S/C28H33NO2/c1-2-3-4-5-6-7-8-9-10-12-15-24-18-20-25(21-19-24)22-27(30)28(31)29-23-26-16-13-11-14-17-26/h11,13-14,16-21,27,30H,2-8,22-23H2,1H3,(H,29,31). The molecule has 0 saturated carbocycles. The van der Waals surface area contributed by atoms with Crippen molar-refractivity contribution in [3.8, 4) is 23.7 Å². The van der Waals surface area contributed by atoms with Gasteiger partial charge in [-0.1, -0.05) is 93.3 Å². The van der Waals surface area contributed by atoms with Gasteiger partial charge in [-0.15, -0.1) is 0 Å². The quantitative estimate of drug-likeness (QED) is 0.400. The molecule has 2 aromatic carbocycles. The molecule has 0 aromatic heterocycles. The van der Waals surface area contributed by atoms with Crippen LogP contribution >= 0.6 is 0 Å². The summed E-state index contributed by atoms with van der Waals surface area (Å²) in [5.41, 5.74) is 2.77. The summed E-state index contributed by atoms with van der Waals surface area (Å²) >= 11 is 0. The second-order valence-corrected chi connectivity index (χ2v) is 7.69. The van der Waals surface area contributed by atoms with Crippen LogP contribution in [0.2, 0.25) is 0 Å². The second kappa shape index (κ2) is 14.9. The van der Waals surface area contributed by atoms with Crippen molar-refractivity contribution >= 4 is 5.91 Å². The Morgan fingerprint density at radius 3 is 2.35 bits per heavy atom. The summed E-state index contributed by atoms with van der Waals surface area (Å²) in [6.45, 7) is 2.64. The molecule has 3 nitrogen and oxygen atoms in total. The zero-order valence-corrected chi connectivity index (χ0v) is 18.5. The van der Waals surface area contributed by atoms with Crippen molar-refractivity contribution < 1.29 is 9.90 Å². The fourth-order valence-electron chi connectivity index (χ4n) is 3.15. The zero-order valence-electron chi connectivity index (χ0n) is 18.5. The van der Waals surface area contributed by atoms with E-state index in [9.17, 15) is 9.90 Å². The summed E-state index contributed by atoms with van der Waals surface area (Å²) in [4.78, 5) is 12.1. The number of nitrogens with one attached hydrogen (secondary N) is 1. The molecule has 0 aliphatic heterocycles. The maximum atomic E-state index is 12.1. The van der Waals surface area contributed by atoms with Gasteiger partial charge in [0.25, 0.3) is 0 Å². The Balaban J connectivity index is 1.70. The molecule has 1 atom stereocenters. The first kappa shape index (κ1) is 24.3. The predicted molar refractivity (Wildman–Crippen MR) is 127 cm³/mol. The lowest BCUT2D eigenvalue weighted by molar-refractivity contribution is -0.129. The molecule has 1 amide bonds. The van der Waals surface area contributed by atoms with E-state index in [1.165, 1.54) is 32.1 Å². The van der Waals surface area contributed by atoms with Gasteiger partial charge in [0, 0.05) is 24.9 Å². The zero-order chi connectivity index (χ0) is 22.2. The molecule has 2 N–H and O–H groups in total. The predicted octanol–water partition coefficient (Wildman–Crippen LogP) is 5.01. The first-order valence-electron chi connectivity index (χ1n) is 11.3. The van der Waals surface area contributed by atoms with E-state index < -0.39 is 6.10 Å². The molecule has 0 fully saturated rings. The molecule has 2 aromatic rings. The molecule has 0 saturated heterocycles. The number of hydrogen-bond acceptors (Lipinski definition) is 2.